The summed E-state index contributed by atoms with van der Waals surface area (Å²) < 4.78 is 0. The molecule has 0 N–H and O–H groups in total. The van der Waals surface area contributed by atoms with Crippen molar-refractivity contribution in [3.05, 3.63) is 53.3 Å². The summed E-state index contributed by atoms with van der Waals surface area (Å²) in [7, 11) is 2.05. The lowest BCUT2D eigenvalue weighted by Gasteiger charge is -2.28. The monoisotopic (exact) mass is 320 g/mol. The number of aromatic nitrogens is 1. The zero-order valence-electron chi connectivity index (χ0n) is 14.2. The summed E-state index contributed by atoms with van der Waals surface area (Å²) in [5, 5.41) is 9.04. The minimum absolute atomic E-state index is 0.0707. The highest BCUT2D eigenvalue weighted by atomic mass is 16.2. The number of fused-ring (bicyclic) bond motifs is 1. The number of carbonyl (C=O) groups is 1. The number of pyridine rings is 1. The fourth-order valence-corrected chi connectivity index (χ4v) is 3.09. The molecule has 1 aliphatic rings. The van der Waals surface area contributed by atoms with Gasteiger partial charge in [-0.1, -0.05) is 12.1 Å². The van der Waals surface area contributed by atoms with Gasteiger partial charge in [-0.3, -0.25) is 4.79 Å². The maximum atomic E-state index is 13.1. The van der Waals surface area contributed by atoms with Crippen molar-refractivity contribution in [2.24, 2.45) is 0 Å². The molecule has 0 fully saturated rings. The maximum absolute atomic E-state index is 13.1. The van der Waals surface area contributed by atoms with Crippen LogP contribution < -0.4 is 9.80 Å². The number of amides is 1. The number of nitriles is 1. The van der Waals surface area contributed by atoms with E-state index in [9.17, 15) is 4.79 Å². The summed E-state index contributed by atoms with van der Waals surface area (Å²) in [5.74, 6) is -0.127. The zero-order valence-corrected chi connectivity index (χ0v) is 14.2. The topological polar surface area (TPSA) is 60.2 Å². The standard InChI is InChI=1S/C19H20N4O/c1-13-10-11-22(3)17-6-4-5-7-18(17)23(13)19(24)16-9-8-15(12-20)14(2)21-16/h4-9,13H,10-11H2,1-3H3/t13-/m0/s1. The molecular weight excluding hydrogens is 300 g/mol. The third-order valence-electron chi connectivity index (χ3n) is 4.52. The van der Waals surface area contributed by atoms with Crippen molar-refractivity contribution < 1.29 is 4.79 Å². The molecular formula is C19H20N4O. The molecule has 0 saturated carbocycles. The van der Waals surface area contributed by atoms with Crippen LogP contribution in [0.5, 0.6) is 0 Å². The summed E-state index contributed by atoms with van der Waals surface area (Å²) in [4.78, 5) is 21.5. The van der Waals surface area contributed by atoms with E-state index in [2.05, 4.69) is 22.9 Å². The van der Waals surface area contributed by atoms with E-state index in [0.717, 1.165) is 24.3 Å². The van der Waals surface area contributed by atoms with Gasteiger partial charge in [-0.05, 0) is 44.5 Å². The van der Waals surface area contributed by atoms with Crippen LogP contribution in [0, 0.1) is 18.3 Å². The quantitative estimate of drug-likeness (QED) is 0.810. The van der Waals surface area contributed by atoms with E-state index in [0.29, 0.717) is 17.0 Å². The second-order valence-electron chi connectivity index (χ2n) is 6.16. The molecule has 2 aromatic rings. The van der Waals surface area contributed by atoms with Gasteiger partial charge in [-0.2, -0.15) is 5.26 Å². The smallest absolute Gasteiger partial charge is 0.277 e. The van der Waals surface area contributed by atoms with E-state index in [1.807, 2.05) is 36.2 Å². The first-order valence-corrected chi connectivity index (χ1v) is 8.04. The van der Waals surface area contributed by atoms with Gasteiger partial charge >= 0.3 is 0 Å². The number of rotatable bonds is 1. The van der Waals surface area contributed by atoms with Crippen LogP contribution in [0.15, 0.2) is 36.4 Å². The first-order chi connectivity index (χ1) is 11.5. The minimum Gasteiger partial charge on any atom is -0.373 e. The number of para-hydroxylation sites is 2. The molecule has 122 valence electrons. The highest BCUT2D eigenvalue weighted by Crippen LogP contribution is 2.34. The van der Waals surface area contributed by atoms with Gasteiger partial charge in [-0.25, -0.2) is 4.98 Å². The number of anilines is 2. The number of hydrogen-bond donors (Lipinski definition) is 0. The van der Waals surface area contributed by atoms with Crippen LogP contribution >= 0.6 is 0 Å². The second-order valence-corrected chi connectivity index (χ2v) is 6.16. The largest absolute Gasteiger partial charge is 0.373 e. The van der Waals surface area contributed by atoms with Gasteiger partial charge in [0.1, 0.15) is 11.8 Å². The van der Waals surface area contributed by atoms with Gasteiger partial charge < -0.3 is 9.80 Å². The van der Waals surface area contributed by atoms with Gasteiger partial charge in [0.05, 0.1) is 22.6 Å². The Bertz CT molecular complexity index is 824. The average Bonchev–Trinajstić information content (AvgIpc) is 2.71. The molecule has 3 rings (SSSR count). The van der Waals surface area contributed by atoms with Crippen LogP contribution in [0.25, 0.3) is 0 Å². The normalized spacial score (nSPS) is 17.0. The van der Waals surface area contributed by atoms with Gasteiger partial charge in [0, 0.05) is 19.6 Å². The molecule has 24 heavy (non-hydrogen) atoms. The summed E-state index contributed by atoms with van der Waals surface area (Å²) in [6.07, 6.45) is 0.881. The molecule has 0 aliphatic carbocycles. The van der Waals surface area contributed by atoms with Crippen molar-refractivity contribution in [1.29, 1.82) is 5.26 Å². The predicted octanol–water partition coefficient (Wildman–Crippen LogP) is 3.14. The molecule has 1 atom stereocenters. The van der Waals surface area contributed by atoms with Crippen molar-refractivity contribution in [1.82, 2.24) is 4.98 Å². The predicted molar refractivity (Wildman–Crippen MR) is 94.3 cm³/mol. The Labute approximate surface area is 142 Å². The lowest BCUT2D eigenvalue weighted by atomic mass is 10.1. The zero-order chi connectivity index (χ0) is 17.3. The molecule has 1 aromatic carbocycles. The van der Waals surface area contributed by atoms with E-state index < -0.39 is 0 Å². The molecule has 0 saturated heterocycles. The van der Waals surface area contributed by atoms with Crippen LogP contribution in [-0.2, 0) is 0 Å². The van der Waals surface area contributed by atoms with Gasteiger partial charge in [-0.15, -0.1) is 0 Å². The van der Waals surface area contributed by atoms with Gasteiger partial charge in [0.15, 0.2) is 0 Å². The van der Waals surface area contributed by atoms with Crippen molar-refractivity contribution in [2.45, 2.75) is 26.3 Å². The summed E-state index contributed by atoms with van der Waals surface area (Å²) in [6, 6.07) is 13.4. The van der Waals surface area contributed by atoms with Crippen molar-refractivity contribution >= 4 is 17.3 Å². The number of nitrogens with zero attached hydrogens (tertiary/aromatic N) is 4. The minimum atomic E-state index is -0.127. The van der Waals surface area contributed by atoms with Gasteiger partial charge in [0.2, 0.25) is 0 Å². The molecule has 1 amide bonds. The van der Waals surface area contributed by atoms with Crippen molar-refractivity contribution in [2.75, 3.05) is 23.4 Å². The van der Waals surface area contributed by atoms with Gasteiger partial charge in [0.25, 0.3) is 5.91 Å². The third kappa shape index (κ3) is 2.71. The Hall–Kier alpha value is -2.87. The van der Waals surface area contributed by atoms with E-state index in [-0.39, 0.29) is 11.9 Å². The van der Waals surface area contributed by atoms with Crippen LogP contribution in [0.1, 0.15) is 35.1 Å². The molecule has 0 radical (unpaired) electrons. The van der Waals surface area contributed by atoms with Crippen molar-refractivity contribution in [3.63, 3.8) is 0 Å². The van der Waals surface area contributed by atoms with Crippen LogP contribution in [0.4, 0.5) is 11.4 Å². The second kappa shape index (κ2) is 6.32. The molecule has 2 heterocycles. The molecule has 5 heteroatoms. The van der Waals surface area contributed by atoms with Crippen molar-refractivity contribution in [3.8, 4) is 6.07 Å². The number of carbonyl (C=O) groups excluding carboxylic acids is 1. The number of benzene rings is 1. The number of aryl methyl sites for hydroxylation is 1. The lowest BCUT2D eigenvalue weighted by molar-refractivity contribution is 0.0973. The fraction of sp³-hybridized carbons (Fsp3) is 0.316. The van der Waals surface area contributed by atoms with E-state index in [1.165, 1.54) is 0 Å². The Kier molecular flexibility index (Phi) is 4.22. The van der Waals surface area contributed by atoms with Crippen LogP contribution in [0.2, 0.25) is 0 Å². The van der Waals surface area contributed by atoms with E-state index in [4.69, 9.17) is 5.26 Å². The van der Waals surface area contributed by atoms with E-state index in [1.54, 1.807) is 19.1 Å². The molecule has 1 aliphatic heterocycles. The average molecular weight is 320 g/mol. The Morgan fingerprint density at radius 3 is 2.62 bits per heavy atom. The molecule has 0 bridgehead atoms. The maximum Gasteiger partial charge on any atom is 0.277 e. The SMILES string of the molecule is Cc1nc(C(=O)N2c3ccccc3N(C)CC[C@@H]2C)ccc1C#N. The molecule has 0 spiro atoms. The molecule has 1 aromatic heterocycles. The fourth-order valence-electron chi connectivity index (χ4n) is 3.09. The first-order valence-electron chi connectivity index (χ1n) is 8.04. The Morgan fingerprint density at radius 1 is 1.25 bits per heavy atom. The summed E-state index contributed by atoms with van der Waals surface area (Å²) >= 11 is 0. The Balaban J connectivity index is 2.06. The van der Waals surface area contributed by atoms with Crippen LogP contribution in [0.3, 0.4) is 0 Å². The highest BCUT2D eigenvalue weighted by Gasteiger charge is 2.29. The molecule has 5 nitrogen and oxygen atoms in total. The molecule has 0 unspecified atom stereocenters. The van der Waals surface area contributed by atoms with E-state index >= 15 is 0 Å². The number of hydrogen-bond acceptors (Lipinski definition) is 4. The lowest BCUT2D eigenvalue weighted by Crippen LogP contribution is -2.39. The van der Waals surface area contributed by atoms with Crippen LogP contribution in [-0.4, -0.2) is 30.5 Å². The summed E-state index contributed by atoms with van der Waals surface area (Å²) in [5.41, 5.74) is 3.39. The third-order valence-corrected chi connectivity index (χ3v) is 4.52. The Morgan fingerprint density at radius 2 is 1.96 bits per heavy atom. The first kappa shape index (κ1) is 16.0. The highest BCUT2D eigenvalue weighted by molar-refractivity contribution is 6.07. The summed E-state index contributed by atoms with van der Waals surface area (Å²) in [6.45, 7) is 4.70.